The number of aromatic nitrogens is 3. The summed E-state index contributed by atoms with van der Waals surface area (Å²) < 4.78 is 0.741. The van der Waals surface area contributed by atoms with Crippen LogP contribution in [0.1, 0.15) is 5.69 Å². The average molecular weight is 249 g/mol. The van der Waals surface area contributed by atoms with E-state index in [4.69, 9.17) is 5.26 Å². The second-order valence-corrected chi connectivity index (χ2v) is 3.40. The Morgan fingerprint density at radius 2 is 2.21 bits per heavy atom. The van der Waals surface area contributed by atoms with Crippen LogP contribution in [0.25, 0.3) is 11.5 Å². The summed E-state index contributed by atoms with van der Waals surface area (Å²) in [4.78, 5) is 11.1. The van der Waals surface area contributed by atoms with Gasteiger partial charge < -0.3 is 4.98 Å². The van der Waals surface area contributed by atoms with Crippen LogP contribution >= 0.6 is 15.9 Å². The molecule has 5 heteroatoms. The van der Waals surface area contributed by atoms with E-state index in [-0.39, 0.29) is 0 Å². The largest absolute Gasteiger partial charge is 0.342 e. The van der Waals surface area contributed by atoms with Gasteiger partial charge in [-0.25, -0.2) is 9.97 Å². The second-order valence-electron chi connectivity index (χ2n) is 2.59. The summed E-state index contributed by atoms with van der Waals surface area (Å²) in [6, 6.07) is 7.47. The van der Waals surface area contributed by atoms with E-state index < -0.39 is 0 Å². The molecule has 2 heterocycles. The maximum atomic E-state index is 8.59. The topological polar surface area (TPSA) is 65.4 Å². The highest BCUT2D eigenvalue weighted by molar-refractivity contribution is 9.10. The van der Waals surface area contributed by atoms with Crippen LogP contribution in [0.5, 0.6) is 0 Å². The van der Waals surface area contributed by atoms with Crippen LogP contribution in [0.4, 0.5) is 0 Å². The van der Waals surface area contributed by atoms with Gasteiger partial charge in [0.05, 0.1) is 0 Å². The van der Waals surface area contributed by atoms with E-state index >= 15 is 0 Å². The third-order valence-electron chi connectivity index (χ3n) is 1.65. The van der Waals surface area contributed by atoms with Crippen molar-refractivity contribution in [3.05, 3.63) is 34.7 Å². The Hall–Kier alpha value is -1.67. The fourth-order valence-corrected chi connectivity index (χ4v) is 1.39. The highest BCUT2D eigenvalue weighted by Crippen LogP contribution is 2.15. The van der Waals surface area contributed by atoms with Crippen molar-refractivity contribution in [2.24, 2.45) is 0 Å². The van der Waals surface area contributed by atoms with Crippen molar-refractivity contribution < 1.29 is 0 Å². The van der Waals surface area contributed by atoms with Gasteiger partial charge in [-0.2, -0.15) is 5.26 Å². The van der Waals surface area contributed by atoms with Crippen LogP contribution in [0, 0.1) is 11.3 Å². The van der Waals surface area contributed by atoms with Crippen molar-refractivity contribution in [1.82, 2.24) is 15.0 Å². The molecule has 0 unspecified atom stereocenters. The van der Waals surface area contributed by atoms with Crippen LogP contribution in [0.3, 0.4) is 0 Å². The van der Waals surface area contributed by atoms with E-state index in [1.54, 1.807) is 6.20 Å². The summed E-state index contributed by atoms with van der Waals surface area (Å²) in [6.07, 6.45) is 1.55. The van der Waals surface area contributed by atoms with Gasteiger partial charge in [0.1, 0.15) is 16.4 Å². The maximum Gasteiger partial charge on any atom is 0.158 e. The molecule has 0 amide bonds. The third kappa shape index (κ3) is 1.65. The fourth-order valence-electron chi connectivity index (χ4n) is 1.05. The van der Waals surface area contributed by atoms with Crippen molar-refractivity contribution in [3.8, 4) is 17.6 Å². The molecule has 1 N–H and O–H groups in total. The van der Waals surface area contributed by atoms with Crippen molar-refractivity contribution >= 4 is 15.9 Å². The normalized spacial score (nSPS) is 9.71. The van der Waals surface area contributed by atoms with E-state index in [2.05, 4.69) is 30.9 Å². The molecule has 14 heavy (non-hydrogen) atoms. The van der Waals surface area contributed by atoms with Crippen molar-refractivity contribution in [2.45, 2.75) is 0 Å². The number of nitrogens with one attached hydrogen (secondary N) is 1. The zero-order valence-corrected chi connectivity index (χ0v) is 8.62. The quantitative estimate of drug-likeness (QED) is 0.787. The molecule has 68 valence electrons. The van der Waals surface area contributed by atoms with Gasteiger partial charge in [-0.1, -0.05) is 6.07 Å². The highest BCUT2D eigenvalue weighted by Gasteiger charge is 2.04. The highest BCUT2D eigenvalue weighted by atomic mass is 79.9. The van der Waals surface area contributed by atoms with Gasteiger partial charge in [0, 0.05) is 6.20 Å². The summed E-state index contributed by atoms with van der Waals surface area (Å²) >= 11 is 3.27. The monoisotopic (exact) mass is 248 g/mol. The molecular weight excluding hydrogens is 244 g/mol. The van der Waals surface area contributed by atoms with E-state index in [1.807, 2.05) is 24.3 Å². The van der Waals surface area contributed by atoms with Crippen LogP contribution in [-0.2, 0) is 0 Å². The van der Waals surface area contributed by atoms with E-state index in [0.29, 0.717) is 17.2 Å². The molecule has 0 saturated heterocycles. The molecule has 2 rings (SSSR count). The molecule has 4 nitrogen and oxygen atoms in total. The van der Waals surface area contributed by atoms with Crippen LogP contribution in [0.15, 0.2) is 29.0 Å². The minimum absolute atomic E-state index is 0.363. The SMILES string of the molecule is N#Cc1c[nH]c(-c2cccc(Br)n2)n1. The summed E-state index contributed by atoms with van der Waals surface area (Å²) in [6.45, 7) is 0. The second kappa shape index (κ2) is 3.60. The van der Waals surface area contributed by atoms with E-state index in [0.717, 1.165) is 4.60 Å². The first-order chi connectivity index (χ1) is 6.79. The number of pyridine rings is 1. The number of hydrogen-bond donors (Lipinski definition) is 1. The maximum absolute atomic E-state index is 8.59. The minimum Gasteiger partial charge on any atom is -0.342 e. The molecular formula is C9H5BrN4. The third-order valence-corrected chi connectivity index (χ3v) is 2.09. The Kier molecular flexibility index (Phi) is 2.29. The predicted octanol–water partition coefficient (Wildman–Crippen LogP) is 2.11. The molecule has 0 aliphatic rings. The number of halogens is 1. The Morgan fingerprint density at radius 3 is 2.86 bits per heavy atom. The van der Waals surface area contributed by atoms with Gasteiger partial charge in [0.2, 0.25) is 0 Å². The average Bonchev–Trinajstić information content (AvgIpc) is 2.66. The van der Waals surface area contributed by atoms with Crippen molar-refractivity contribution in [1.29, 1.82) is 5.26 Å². The molecule has 0 aromatic carbocycles. The number of rotatable bonds is 1. The number of nitriles is 1. The summed E-state index contributed by atoms with van der Waals surface area (Å²) in [5.41, 5.74) is 1.07. The van der Waals surface area contributed by atoms with Crippen LogP contribution < -0.4 is 0 Å². The lowest BCUT2D eigenvalue weighted by Gasteiger charge is -1.95. The Balaban J connectivity index is 2.45. The number of hydrogen-bond acceptors (Lipinski definition) is 3. The number of nitrogens with zero attached hydrogens (tertiary/aromatic N) is 3. The molecule has 2 aromatic heterocycles. The molecule has 0 aliphatic carbocycles. The zero-order valence-electron chi connectivity index (χ0n) is 7.03. The first-order valence-corrected chi connectivity index (χ1v) is 4.67. The lowest BCUT2D eigenvalue weighted by atomic mass is 10.3. The number of aromatic amines is 1. The molecule has 0 atom stereocenters. The first kappa shape index (κ1) is 8.91. The van der Waals surface area contributed by atoms with Crippen molar-refractivity contribution in [2.75, 3.05) is 0 Å². The molecule has 0 saturated carbocycles. The van der Waals surface area contributed by atoms with Gasteiger partial charge in [0.25, 0.3) is 0 Å². The van der Waals surface area contributed by atoms with Gasteiger partial charge in [-0.15, -0.1) is 0 Å². The standard InChI is InChI=1S/C9H5BrN4/c10-8-3-1-2-7(14-8)9-12-5-6(4-11)13-9/h1-3,5H,(H,12,13). The Morgan fingerprint density at radius 1 is 1.36 bits per heavy atom. The molecule has 0 spiro atoms. The van der Waals surface area contributed by atoms with E-state index in [1.165, 1.54) is 0 Å². The summed E-state index contributed by atoms with van der Waals surface area (Å²) in [5.74, 6) is 0.600. The molecule has 0 bridgehead atoms. The van der Waals surface area contributed by atoms with Crippen LogP contribution in [0.2, 0.25) is 0 Å². The zero-order chi connectivity index (χ0) is 9.97. The van der Waals surface area contributed by atoms with Crippen molar-refractivity contribution in [3.63, 3.8) is 0 Å². The molecule has 0 radical (unpaired) electrons. The van der Waals surface area contributed by atoms with E-state index in [9.17, 15) is 0 Å². The Labute approximate surface area is 88.8 Å². The van der Waals surface area contributed by atoms with Gasteiger partial charge in [-0.3, -0.25) is 0 Å². The lowest BCUT2D eigenvalue weighted by Crippen LogP contribution is -1.85. The fraction of sp³-hybridized carbons (Fsp3) is 0. The van der Waals surface area contributed by atoms with Gasteiger partial charge in [-0.05, 0) is 28.1 Å². The molecule has 0 aliphatic heterocycles. The predicted molar refractivity (Wildman–Crippen MR) is 54.2 cm³/mol. The first-order valence-electron chi connectivity index (χ1n) is 3.88. The van der Waals surface area contributed by atoms with Gasteiger partial charge in [0.15, 0.2) is 11.5 Å². The summed E-state index contributed by atoms with van der Waals surface area (Å²) in [5, 5.41) is 8.59. The molecule has 2 aromatic rings. The van der Waals surface area contributed by atoms with Crippen LogP contribution in [-0.4, -0.2) is 15.0 Å². The van der Waals surface area contributed by atoms with Gasteiger partial charge >= 0.3 is 0 Å². The smallest absolute Gasteiger partial charge is 0.158 e. The lowest BCUT2D eigenvalue weighted by molar-refractivity contribution is 1.20. The Bertz CT molecular complexity index is 498. The number of H-pyrrole nitrogens is 1. The molecule has 0 fully saturated rings. The number of imidazole rings is 1. The minimum atomic E-state index is 0.363. The summed E-state index contributed by atoms with van der Waals surface area (Å²) in [7, 11) is 0.